The molecule has 2 aromatic rings. The fraction of sp³-hybridized carbons (Fsp3) is 0.200. The first kappa shape index (κ1) is 23.8. The number of nitrogen functional groups attached to an aromatic ring is 1. The van der Waals surface area contributed by atoms with E-state index < -0.39 is 29.2 Å². The Bertz CT molecular complexity index is 1260. The SMILES string of the molecule is C[n+]1ccccc1SC=CC1=C(C(=O)O)N2C(=O)C(NC(=O)C(=NO)c3csc(N)n3)[C@H]2SC1. The number of aromatic nitrogens is 2. The summed E-state index contributed by atoms with van der Waals surface area (Å²) in [6, 6.07) is 4.78. The summed E-state index contributed by atoms with van der Waals surface area (Å²) < 4.78 is 1.93. The van der Waals surface area contributed by atoms with Crippen LogP contribution < -0.4 is 15.6 Å². The van der Waals surface area contributed by atoms with Crippen LogP contribution in [0.4, 0.5) is 5.13 Å². The largest absolute Gasteiger partial charge is 0.477 e. The second-order valence-electron chi connectivity index (χ2n) is 7.13. The van der Waals surface area contributed by atoms with Crippen molar-refractivity contribution in [3.05, 3.63) is 58.2 Å². The molecule has 34 heavy (non-hydrogen) atoms. The topological polar surface area (TPSA) is 162 Å². The van der Waals surface area contributed by atoms with Gasteiger partial charge in [0.1, 0.15) is 29.9 Å². The first-order chi connectivity index (χ1) is 16.3. The lowest BCUT2D eigenvalue weighted by atomic mass is 10.0. The van der Waals surface area contributed by atoms with E-state index in [2.05, 4.69) is 15.5 Å². The quantitative estimate of drug-likeness (QED) is 0.103. The standard InChI is InChI=1S/C20H18N6O5S3/c1-25-6-3-2-4-12(25)32-7-5-10-8-33-18-14(17(28)26(18)15(10)19(29)30)23-16(27)13(24-31)11-9-34-20(21)22-11/h2-7,9,14,18H,8H2,1H3,(H4-,21,22,23,27,29,30,31)/p+1/t14?,18-/m1/s1. The van der Waals surface area contributed by atoms with Gasteiger partial charge in [0.25, 0.3) is 11.8 Å². The number of pyridine rings is 1. The fourth-order valence-electron chi connectivity index (χ4n) is 3.41. The molecule has 0 spiro atoms. The number of carbonyl (C=O) groups excluding carboxylic acids is 2. The Labute approximate surface area is 206 Å². The molecule has 0 aliphatic carbocycles. The van der Waals surface area contributed by atoms with E-state index in [-0.39, 0.29) is 22.2 Å². The summed E-state index contributed by atoms with van der Waals surface area (Å²) in [7, 11) is 1.91. The van der Waals surface area contributed by atoms with Crippen molar-refractivity contribution in [1.29, 1.82) is 0 Å². The van der Waals surface area contributed by atoms with Gasteiger partial charge in [-0.1, -0.05) is 5.16 Å². The van der Waals surface area contributed by atoms with E-state index >= 15 is 0 Å². The Kier molecular flexibility index (Phi) is 6.90. The Morgan fingerprint density at radius 3 is 2.88 bits per heavy atom. The molecule has 2 aromatic heterocycles. The van der Waals surface area contributed by atoms with Gasteiger partial charge in [0.05, 0.1) is 0 Å². The van der Waals surface area contributed by atoms with Gasteiger partial charge in [0.2, 0.25) is 5.03 Å². The molecule has 0 aromatic carbocycles. The van der Waals surface area contributed by atoms with Crippen molar-refractivity contribution in [2.24, 2.45) is 12.2 Å². The molecule has 2 amide bonds. The minimum absolute atomic E-state index is 0.0743. The van der Waals surface area contributed by atoms with Crippen LogP contribution in [0, 0.1) is 0 Å². The highest BCUT2D eigenvalue weighted by Crippen LogP contribution is 2.41. The average Bonchev–Trinajstić information content (AvgIpc) is 3.24. The van der Waals surface area contributed by atoms with E-state index in [1.54, 1.807) is 11.5 Å². The second-order valence-corrected chi connectivity index (χ2v) is 10.1. The third-order valence-electron chi connectivity index (χ3n) is 5.03. The predicted octanol–water partition coefficient (Wildman–Crippen LogP) is 0.773. The monoisotopic (exact) mass is 519 g/mol. The molecule has 0 saturated carbocycles. The average molecular weight is 520 g/mol. The zero-order valence-corrected chi connectivity index (χ0v) is 20.1. The van der Waals surface area contributed by atoms with Gasteiger partial charge in [-0.05, 0) is 34.9 Å². The zero-order valence-electron chi connectivity index (χ0n) is 17.6. The Morgan fingerprint density at radius 2 is 2.24 bits per heavy atom. The molecule has 1 fully saturated rings. The summed E-state index contributed by atoms with van der Waals surface area (Å²) in [6.07, 6.45) is 3.59. The molecule has 4 heterocycles. The minimum atomic E-state index is -1.23. The van der Waals surface area contributed by atoms with E-state index in [4.69, 9.17) is 5.73 Å². The van der Waals surface area contributed by atoms with Crippen LogP contribution in [0.2, 0.25) is 0 Å². The number of allylic oxidation sites excluding steroid dienone is 1. The Balaban J connectivity index is 1.49. The number of thioether (sulfide) groups is 2. The number of rotatable bonds is 7. The van der Waals surface area contributed by atoms with Crippen LogP contribution in [-0.2, 0) is 21.4 Å². The highest BCUT2D eigenvalue weighted by Gasteiger charge is 2.54. The molecule has 2 atom stereocenters. The van der Waals surface area contributed by atoms with Gasteiger partial charge < -0.3 is 21.4 Å². The summed E-state index contributed by atoms with van der Waals surface area (Å²) in [6.45, 7) is 0. The van der Waals surface area contributed by atoms with Crippen molar-refractivity contribution in [3.8, 4) is 0 Å². The molecular formula is C20H19N6O5S3+. The Morgan fingerprint density at radius 1 is 1.44 bits per heavy atom. The molecule has 0 radical (unpaired) electrons. The maximum Gasteiger partial charge on any atom is 0.352 e. The van der Waals surface area contributed by atoms with E-state index in [0.717, 1.165) is 16.4 Å². The number of hydrogen-bond acceptors (Lipinski definition) is 10. The molecular weight excluding hydrogens is 500 g/mol. The number of β-lactam (4-membered cyclic amide) rings is 1. The maximum atomic E-state index is 12.8. The van der Waals surface area contributed by atoms with Gasteiger partial charge >= 0.3 is 5.97 Å². The number of anilines is 1. The van der Waals surface area contributed by atoms with Crippen molar-refractivity contribution in [2.45, 2.75) is 16.4 Å². The maximum absolute atomic E-state index is 12.8. The zero-order chi connectivity index (χ0) is 24.4. The van der Waals surface area contributed by atoms with E-state index in [1.807, 2.05) is 36.0 Å². The van der Waals surface area contributed by atoms with Crippen molar-refractivity contribution in [3.63, 3.8) is 0 Å². The van der Waals surface area contributed by atoms with Crippen LogP contribution in [0.15, 0.2) is 62.7 Å². The number of aryl methyl sites for hydroxylation is 1. The smallest absolute Gasteiger partial charge is 0.352 e. The summed E-state index contributed by atoms with van der Waals surface area (Å²) in [5.74, 6) is -2.27. The number of carbonyl (C=O) groups is 3. The molecule has 1 saturated heterocycles. The normalized spacial score (nSPS) is 20.3. The van der Waals surface area contributed by atoms with Gasteiger partial charge in [0, 0.05) is 23.3 Å². The first-order valence-corrected chi connectivity index (χ1v) is 12.6. The van der Waals surface area contributed by atoms with Crippen LogP contribution in [0.1, 0.15) is 5.69 Å². The van der Waals surface area contributed by atoms with Gasteiger partial charge in [-0.25, -0.2) is 9.78 Å². The molecule has 11 nitrogen and oxygen atoms in total. The highest BCUT2D eigenvalue weighted by atomic mass is 32.2. The van der Waals surface area contributed by atoms with Crippen LogP contribution in [-0.4, -0.2) is 60.9 Å². The molecule has 0 bridgehead atoms. The number of nitrogens with one attached hydrogen (secondary N) is 1. The van der Waals surface area contributed by atoms with Crippen LogP contribution in [0.25, 0.3) is 0 Å². The summed E-state index contributed by atoms with van der Waals surface area (Å²) >= 11 is 3.82. The summed E-state index contributed by atoms with van der Waals surface area (Å²) in [5, 5.41) is 28.3. The summed E-state index contributed by atoms with van der Waals surface area (Å²) in [4.78, 5) is 42.5. The number of oxime groups is 1. The predicted molar refractivity (Wildman–Crippen MR) is 127 cm³/mol. The van der Waals surface area contributed by atoms with Crippen molar-refractivity contribution in [1.82, 2.24) is 15.2 Å². The molecule has 1 unspecified atom stereocenters. The second kappa shape index (κ2) is 9.87. The van der Waals surface area contributed by atoms with Crippen LogP contribution in [0.5, 0.6) is 0 Å². The van der Waals surface area contributed by atoms with Crippen molar-refractivity contribution in [2.75, 3.05) is 11.5 Å². The fourth-order valence-corrected chi connectivity index (χ4v) is 6.03. The third kappa shape index (κ3) is 4.51. The Hall–Kier alpha value is -3.36. The van der Waals surface area contributed by atoms with Gasteiger partial charge in [-0.3, -0.25) is 14.5 Å². The number of nitrogens with zero attached hydrogens (tertiary/aromatic N) is 4. The molecule has 5 N–H and O–H groups in total. The van der Waals surface area contributed by atoms with Crippen LogP contribution >= 0.6 is 34.9 Å². The first-order valence-electron chi connectivity index (χ1n) is 9.75. The lowest BCUT2D eigenvalue weighted by Gasteiger charge is -2.49. The van der Waals surface area contributed by atoms with Crippen LogP contribution in [0.3, 0.4) is 0 Å². The van der Waals surface area contributed by atoms with Crippen molar-refractivity contribution >= 4 is 63.5 Å². The molecule has 2 aliphatic rings. The van der Waals surface area contributed by atoms with Gasteiger partial charge in [0.15, 0.2) is 17.0 Å². The minimum Gasteiger partial charge on any atom is -0.477 e. The van der Waals surface area contributed by atoms with Crippen molar-refractivity contribution < 1.29 is 29.3 Å². The number of nitrogens with two attached hydrogens (primary N) is 1. The van der Waals surface area contributed by atoms with E-state index in [0.29, 0.717) is 11.3 Å². The van der Waals surface area contributed by atoms with E-state index in [1.165, 1.54) is 33.8 Å². The number of hydrogen-bond donors (Lipinski definition) is 4. The van der Waals surface area contributed by atoms with E-state index in [9.17, 15) is 24.7 Å². The number of thiazole rings is 1. The number of carboxylic acid groups (broad SMARTS) is 1. The number of aliphatic carboxylic acids is 1. The molecule has 4 rings (SSSR count). The van der Waals surface area contributed by atoms with Gasteiger partial charge in [-0.15, -0.1) is 23.1 Å². The highest BCUT2D eigenvalue weighted by molar-refractivity contribution is 8.02. The molecule has 2 aliphatic heterocycles. The lowest BCUT2D eigenvalue weighted by molar-refractivity contribution is -0.708. The number of carboxylic acids is 1. The lowest BCUT2D eigenvalue weighted by Crippen LogP contribution is -2.71. The van der Waals surface area contributed by atoms with Gasteiger partial charge in [-0.2, -0.15) is 4.57 Å². The number of fused-ring (bicyclic) bond motifs is 1. The third-order valence-corrected chi connectivity index (χ3v) is 7.95. The molecule has 14 heteroatoms. The number of amides is 2. The molecule has 176 valence electrons. The summed E-state index contributed by atoms with van der Waals surface area (Å²) in [5.41, 5.74) is 5.63.